The molecule has 0 amide bonds. The van der Waals surface area contributed by atoms with Gasteiger partial charge in [-0.1, -0.05) is 36.8 Å². The van der Waals surface area contributed by atoms with Gasteiger partial charge in [-0.15, -0.1) is 0 Å². The van der Waals surface area contributed by atoms with Crippen molar-refractivity contribution >= 4 is 10.0 Å². The Morgan fingerprint density at radius 1 is 0.909 bits per heavy atom. The topological polar surface area (TPSA) is 72.2 Å². The largest absolute Gasteiger partial charge is 0.330 e. The highest BCUT2D eigenvalue weighted by Crippen LogP contribution is 2.08. The molecule has 22 heavy (non-hydrogen) atoms. The van der Waals surface area contributed by atoms with Crippen LogP contribution in [0.2, 0.25) is 0 Å². The van der Waals surface area contributed by atoms with Crippen LogP contribution in [0.5, 0.6) is 0 Å². The number of allylic oxidation sites excluding steroid dienone is 2. The predicted octanol–water partition coefficient (Wildman–Crippen LogP) is 3.21. The molecule has 0 spiro atoms. The number of nitrogens with one attached hydrogen (secondary N) is 1. The smallest absolute Gasteiger partial charge is 0.240 e. The van der Waals surface area contributed by atoms with Crippen molar-refractivity contribution in [2.45, 2.75) is 49.8 Å². The molecule has 4 nitrogen and oxygen atoms in total. The van der Waals surface area contributed by atoms with Crippen LogP contribution in [0.3, 0.4) is 0 Å². The molecule has 0 heterocycles. The summed E-state index contributed by atoms with van der Waals surface area (Å²) < 4.78 is 26.6. The Hall–Kier alpha value is -1.17. The molecule has 0 unspecified atom stereocenters. The third-order valence-corrected chi connectivity index (χ3v) is 4.86. The second-order valence-electron chi connectivity index (χ2n) is 5.32. The molecule has 0 aliphatic carbocycles. The summed E-state index contributed by atoms with van der Waals surface area (Å²) in [6.07, 6.45) is 11.8. The summed E-state index contributed by atoms with van der Waals surface area (Å²) in [7, 11) is -3.34. The minimum absolute atomic E-state index is 0.329. The van der Waals surface area contributed by atoms with Crippen LogP contribution >= 0.6 is 0 Å². The van der Waals surface area contributed by atoms with Gasteiger partial charge in [-0.3, -0.25) is 0 Å². The van der Waals surface area contributed by atoms with E-state index in [1.54, 1.807) is 24.3 Å². The van der Waals surface area contributed by atoms with Crippen LogP contribution in [0.25, 0.3) is 0 Å². The molecule has 0 atom stereocenters. The van der Waals surface area contributed by atoms with Gasteiger partial charge in [-0.05, 0) is 57.2 Å². The van der Waals surface area contributed by atoms with Crippen LogP contribution in [-0.4, -0.2) is 21.5 Å². The van der Waals surface area contributed by atoms with E-state index in [4.69, 9.17) is 5.73 Å². The standard InChI is InChI=1S/C17H28N2O2S/c18-15-11-6-4-2-1-3-5-7-12-16-19-22(20,21)17-13-9-8-10-14-17/h1-2,8-10,13-14,19H,3-7,11-12,15-16,18H2/b2-1-. The molecule has 1 aromatic carbocycles. The average Bonchev–Trinajstić information content (AvgIpc) is 2.53. The fourth-order valence-electron chi connectivity index (χ4n) is 2.10. The molecule has 0 saturated carbocycles. The second kappa shape index (κ2) is 11.4. The van der Waals surface area contributed by atoms with Crippen molar-refractivity contribution in [1.82, 2.24) is 4.72 Å². The molecule has 0 radical (unpaired) electrons. The molecule has 0 bridgehead atoms. The summed E-state index contributed by atoms with van der Waals surface area (Å²) >= 11 is 0. The van der Waals surface area contributed by atoms with Crippen molar-refractivity contribution in [3.8, 4) is 0 Å². The maximum Gasteiger partial charge on any atom is 0.240 e. The van der Waals surface area contributed by atoms with Gasteiger partial charge in [-0.25, -0.2) is 13.1 Å². The quantitative estimate of drug-likeness (QED) is 0.458. The molecule has 5 heteroatoms. The molecule has 1 rings (SSSR count). The molecule has 0 aromatic heterocycles. The highest BCUT2D eigenvalue weighted by molar-refractivity contribution is 7.89. The van der Waals surface area contributed by atoms with Crippen LogP contribution in [0.4, 0.5) is 0 Å². The Bertz CT molecular complexity index is 513. The molecular formula is C17H28N2O2S. The van der Waals surface area contributed by atoms with E-state index in [2.05, 4.69) is 16.9 Å². The van der Waals surface area contributed by atoms with Gasteiger partial charge >= 0.3 is 0 Å². The first-order valence-corrected chi connectivity index (χ1v) is 9.55. The first kappa shape index (κ1) is 18.9. The maximum atomic E-state index is 12.0. The van der Waals surface area contributed by atoms with Crippen molar-refractivity contribution in [1.29, 1.82) is 0 Å². The van der Waals surface area contributed by atoms with E-state index in [0.717, 1.165) is 51.5 Å². The summed E-state index contributed by atoms with van der Waals surface area (Å²) in [6.45, 7) is 1.27. The van der Waals surface area contributed by atoms with Gasteiger partial charge < -0.3 is 5.73 Å². The van der Waals surface area contributed by atoms with E-state index in [1.165, 1.54) is 0 Å². The summed E-state index contributed by atoms with van der Waals surface area (Å²) in [6, 6.07) is 8.49. The van der Waals surface area contributed by atoms with E-state index in [1.807, 2.05) is 6.07 Å². The highest BCUT2D eigenvalue weighted by Gasteiger charge is 2.11. The molecule has 0 saturated heterocycles. The fraction of sp³-hybridized carbons (Fsp3) is 0.529. The van der Waals surface area contributed by atoms with Crippen LogP contribution in [0.1, 0.15) is 44.9 Å². The van der Waals surface area contributed by atoms with Gasteiger partial charge in [0.2, 0.25) is 10.0 Å². The average molecular weight is 324 g/mol. The number of rotatable bonds is 12. The Kier molecular flexibility index (Phi) is 9.79. The van der Waals surface area contributed by atoms with E-state index < -0.39 is 10.0 Å². The van der Waals surface area contributed by atoms with Gasteiger partial charge in [-0.2, -0.15) is 0 Å². The van der Waals surface area contributed by atoms with Gasteiger partial charge in [0, 0.05) is 6.54 Å². The molecule has 0 aliphatic heterocycles. The zero-order valence-corrected chi connectivity index (χ0v) is 14.0. The van der Waals surface area contributed by atoms with Crippen molar-refractivity contribution in [3.05, 3.63) is 42.5 Å². The van der Waals surface area contributed by atoms with E-state index in [9.17, 15) is 8.42 Å². The zero-order valence-electron chi connectivity index (χ0n) is 13.2. The number of benzene rings is 1. The summed E-state index contributed by atoms with van der Waals surface area (Å²) in [5.41, 5.74) is 5.43. The zero-order chi connectivity index (χ0) is 16.1. The second-order valence-corrected chi connectivity index (χ2v) is 7.08. The lowest BCUT2D eigenvalue weighted by Crippen LogP contribution is -2.24. The van der Waals surface area contributed by atoms with Crippen LogP contribution in [0.15, 0.2) is 47.4 Å². The SMILES string of the molecule is NCCCC/C=C\CCCCCNS(=O)(=O)c1ccccc1. The molecule has 0 fully saturated rings. The molecule has 124 valence electrons. The summed E-state index contributed by atoms with van der Waals surface area (Å²) in [5, 5.41) is 0. The Balaban J connectivity index is 2.06. The number of hydrogen-bond donors (Lipinski definition) is 2. The summed E-state index contributed by atoms with van der Waals surface area (Å²) in [5.74, 6) is 0. The Morgan fingerprint density at radius 2 is 1.55 bits per heavy atom. The summed E-state index contributed by atoms with van der Waals surface area (Å²) in [4.78, 5) is 0.329. The van der Waals surface area contributed by atoms with Crippen molar-refractivity contribution in [2.24, 2.45) is 5.73 Å². The normalized spacial score (nSPS) is 12.0. The lowest BCUT2D eigenvalue weighted by molar-refractivity contribution is 0.574. The Morgan fingerprint density at radius 3 is 2.18 bits per heavy atom. The molecular weight excluding hydrogens is 296 g/mol. The van der Waals surface area contributed by atoms with E-state index in [0.29, 0.717) is 11.4 Å². The van der Waals surface area contributed by atoms with Gasteiger partial charge in [0.15, 0.2) is 0 Å². The number of hydrogen-bond acceptors (Lipinski definition) is 3. The molecule has 1 aromatic rings. The first-order chi connectivity index (χ1) is 10.7. The van der Waals surface area contributed by atoms with Crippen molar-refractivity contribution in [3.63, 3.8) is 0 Å². The first-order valence-electron chi connectivity index (χ1n) is 8.06. The van der Waals surface area contributed by atoms with E-state index >= 15 is 0 Å². The third kappa shape index (κ3) is 8.32. The number of unbranched alkanes of at least 4 members (excludes halogenated alkanes) is 5. The van der Waals surface area contributed by atoms with Crippen LogP contribution in [-0.2, 0) is 10.0 Å². The lowest BCUT2D eigenvalue weighted by atomic mass is 10.1. The minimum atomic E-state index is -3.34. The van der Waals surface area contributed by atoms with Crippen LogP contribution in [0, 0.1) is 0 Å². The number of sulfonamides is 1. The molecule has 3 N–H and O–H groups in total. The minimum Gasteiger partial charge on any atom is -0.330 e. The van der Waals surface area contributed by atoms with Crippen molar-refractivity contribution < 1.29 is 8.42 Å². The number of nitrogens with two attached hydrogens (primary N) is 1. The van der Waals surface area contributed by atoms with Crippen LogP contribution < -0.4 is 10.5 Å². The fourth-order valence-corrected chi connectivity index (χ4v) is 3.19. The highest BCUT2D eigenvalue weighted by atomic mass is 32.2. The van der Waals surface area contributed by atoms with Gasteiger partial charge in [0.05, 0.1) is 4.90 Å². The molecule has 0 aliphatic rings. The third-order valence-electron chi connectivity index (χ3n) is 3.38. The lowest BCUT2D eigenvalue weighted by Gasteiger charge is -2.06. The Labute approximate surface area is 134 Å². The van der Waals surface area contributed by atoms with E-state index in [-0.39, 0.29) is 0 Å². The maximum absolute atomic E-state index is 12.0. The van der Waals surface area contributed by atoms with Crippen molar-refractivity contribution in [2.75, 3.05) is 13.1 Å². The van der Waals surface area contributed by atoms with Gasteiger partial charge in [0.25, 0.3) is 0 Å². The van der Waals surface area contributed by atoms with Gasteiger partial charge in [0.1, 0.15) is 0 Å². The monoisotopic (exact) mass is 324 g/mol. The predicted molar refractivity (Wildman–Crippen MR) is 92.1 cm³/mol.